The molecule has 0 N–H and O–H groups in total. The van der Waals surface area contributed by atoms with Crippen molar-refractivity contribution >= 4 is 5.97 Å². The van der Waals surface area contributed by atoms with Gasteiger partial charge in [-0.25, -0.2) is 0 Å². The molecule has 2 aromatic rings. The molecule has 154 valence electrons. The van der Waals surface area contributed by atoms with Crippen molar-refractivity contribution in [2.45, 2.75) is 58.0 Å². The zero-order chi connectivity index (χ0) is 20.3. The van der Waals surface area contributed by atoms with Crippen LogP contribution in [0.2, 0.25) is 0 Å². The minimum Gasteiger partial charge on any atom is -0.456 e. The third-order valence-electron chi connectivity index (χ3n) is 5.89. The highest BCUT2D eigenvalue weighted by molar-refractivity contribution is 5.70. The molecular weight excluding hydrogens is 364 g/mol. The van der Waals surface area contributed by atoms with Gasteiger partial charge < -0.3 is 14.2 Å². The molecule has 4 nitrogen and oxygen atoms in total. The number of benzene rings is 2. The molecule has 2 aliphatic heterocycles. The lowest BCUT2D eigenvalue weighted by Gasteiger charge is -2.46. The quantitative estimate of drug-likeness (QED) is 0.646. The SMILES string of the molecule is CC(C)CC(=O)O[C@@H]1[C@@H]2OC[C@H](CC1(Cc1ccccc1)Cc1ccccc1)O2. The molecule has 0 amide bonds. The van der Waals surface area contributed by atoms with Crippen LogP contribution in [0.25, 0.3) is 0 Å². The largest absolute Gasteiger partial charge is 0.456 e. The topological polar surface area (TPSA) is 44.8 Å². The summed E-state index contributed by atoms with van der Waals surface area (Å²) in [6.07, 6.45) is 1.99. The summed E-state index contributed by atoms with van der Waals surface area (Å²) < 4.78 is 18.1. The minimum atomic E-state index is -0.489. The van der Waals surface area contributed by atoms with Crippen molar-refractivity contribution in [1.29, 1.82) is 0 Å². The standard InChI is InChI=1S/C25H30O4/c1-18(2)13-22(26)29-23-24-27-17-21(28-24)16-25(23,14-19-9-5-3-6-10-19)15-20-11-7-4-8-12-20/h3-12,18,21,23-24H,13-17H2,1-2H3/t21-,23+,24+/m0/s1. The Morgan fingerprint density at radius 3 is 2.17 bits per heavy atom. The molecule has 29 heavy (non-hydrogen) atoms. The van der Waals surface area contributed by atoms with Gasteiger partial charge in [-0.3, -0.25) is 4.79 Å². The summed E-state index contributed by atoms with van der Waals surface area (Å²) in [5.41, 5.74) is 2.23. The third-order valence-corrected chi connectivity index (χ3v) is 5.89. The maximum atomic E-state index is 12.7. The van der Waals surface area contributed by atoms with Crippen molar-refractivity contribution in [2.75, 3.05) is 6.61 Å². The van der Waals surface area contributed by atoms with Crippen molar-refractivity contribution < 1.29 is 19.0 Å². The molecule has 2 saturated heterocycles. The van der Waals surface area contributed by atoms with E-state index >= 15 is 0 Å². The Bertz CT molecular complexity index is 761. The second kappa shape index (κ2) is 8.68. The van der Waals surface area contributed by atoms with Crippen molar-refractivity contribution in [3.8, 4) is 0 Å². The van der Waals surface area contributed by atoms with Crippen molar-refractivity contribution in [3.63, 3.8) is 0 Å². The van der Waals surface area contributed by atoms with E-state index in [-0.39, 0.29) is 23.4 Å². The first-order valence-corrected chi connectivity index (χ1v) is 10.6. The number of ether oxygens (including phenoxy) is 3. The predicted molar refractivity (Wildman–Crippen MR) is 111 cm³/mol. The van der Waals surface area contributed by atoms with E-state index in [1.165, 1.54) is 11.1 Å². The summed E-state index contributed by atoms with van der Waals surface area (Å²) in [6, 6.07) is 20.9. The van der Waals surface area contributed by atoms with Gasteiger partial charge in [0.25, 0.3) is 0 Å². The molecule has 2 aromatic carbocycles. The van der Waals surface area contributed by atoms with Crippen LogP contribution in [0, 0.1) is 11.3 Å². The van der Waals surface area contributed by atoms with Gasteiger partial charge >= 0.3 is 5.97 Å². The van der Waals surface area contributed by atoms with Crippen LogP contribution in [0.15, 0.2) is 60.7 Å². The van der Waals surface area contributed by atoms with Crippen LogP contribution in [0.1, 0.15) is 37.8 Å². The highest BCUT2D eigenvalue weighted by atomic mass is 16.7. The van der Waals surface area contributed by atoms with E-state index < -0.39 is 12.4 Å². The van der Waals surface area contributed by atoms with Crippen molar-refractivity contribution in [3.05, 3.63) is 71.8 Å². The Kier molecular flexibility index (Phi) is 6.02. The van der Waals surface area contributed by atoms with E-state index in [1.54, 1.807) is 0 Å². The lowest BCUT2D eigenvalue weighted by atomic mass is 9.67. The normalized spacial score (nSPS) is 25.1. The van der Waals surface area contributed by atoms with Gasteiger partial charge in [-0.15, -0.1) is 0 Å². The average Bonchev–Trinajstić information content (AvgIpc) is 3.09. The van der Waals surface area contributed by atoms with E-state index in [2.05, 4.69) is 48.5 Å². The zero-order valence-electron chi connectivity index (χ0n) is 17.3. The molecule has 2 fully saturated rings. The molecule has 0 saturated carbocycles. The molecule has 2 aliphatic rings. The number of hydrogen-bond donors (Lipinski definition) is 0. The molecule has 0 spiro atoms. The van der Waals surface area contributed by atoms with Gasteiger partial charge in [-0.1, -0.05) is 74.5 Å². The first kappa shape index (κ1) is 20.1. The fraction of sp³-hybridized carbons (Fsp3) is 0.480. The number of fused-ring (bicyclic) bond motifs is 2. The van der Waals surface area contributed by atoms with Crippen LogP contribution in [0.3, 0.4) is 0 Å². The second-order valence-electron chi connectivity index (χ2n) is 8.86. The number of carbonyl (C=O) groups excluding carboxylic acids is 1. The first-order chi connectivity index (χ1) is 14.0. The van der Waals surface area contributed by atoms with E-state index in [9.17, 15) is 4.79 Å². The molecule has 0 aliphatic carbocycles. The van der Waals surface area contributed by atoms with E-state index in [0.29, 0.717) is 13.0 Å². The first-order valence-electron chi connectivity index (χ1n) is 10.6. The van der Waals surface area contributed by atoms with Crippen LogP contribution in [0.4, 0.5) is 0 Å². The Hall–Kier alpha value is -2.17. The summed E-state index contributed by atoms with van der Waals surface area (Å²) in [4.78, 5) is 12.7. The molecule has 0 unspecified atom stereocenters. The van der Waals surface area contributed by atoms with Gasteiger partial charge in [-0.05, 0) is 36.3 Å². The number of carbonyl (C=O) groups is 1. The summed E-state index contributed by atoms with van der Waals surface area (Å²) in [6.45, 7) is 4.62. The number of rotatable bonds is 7. The molecule has 0 aromatic heterocycles. The summed E-state index contributed by atoms with van der Waals surface area (Å²) in [7, 11) is 0. The average molecular weight is 395 g/mol. The summed E-state index contributed by atoms with van der Waals surface area (Å²) in [5.74, 6) is 0.0787. The van der Waals surface area contributed by atoms with Crippen LogP contribution in [0.5, 0.6) is 0 Å². The van der Waals surface area contributed by atoms with Gasteiger partial charge in [0.1, 0.15) is 0 Å². The van der Waals surface area contributed by atoms with Crippen LogP contribution in [-0.2, 0) is 31.8 Å². The Morgan fingerprint density at radius 1 is 1.03 bits per heavy atom. The third kappa shape index (κ3) is 4.71. The lowest BCUT2D eigenvalue weighted by Crippen LogP contribution is -2.53. The molecule has 4 rings (SSSR count). The van der Waals surface area contributed by atoms with E-state index in [4.69, 9.17) is 14.2 Å². The molecular formula is C25H30O4. The molecule has 2 heterocycles. The monoisotopic (exact) mass is 394 g/mol. The fourth-order valence-corrected chi connectivity index (χ4v) is 4.71. The molecule has 2 bridgehead atoms. The fourth-order valence-electron chi connectivity index (χ4n) is 4.71. The highest BCUT2D eigenvalue weighted by Gasteiger charge is 2.55. The lowest BCUT2D eigenvalue weighted by molar-refractivity contribution is -0.224. The minimum absolute atomic E-state index is 0.0486. The van der Waals surface area contributed by atoms with Gasteiger partial charge in [0.15, 0.2) is 12.4 Å². The summed E-state index contributed by atoms with van der Waals surface area (Å²) in [5, 5.41) is 0. The van der Waals surface area contributed by atoms with Gasteiger partial charge in [0.05, 0.1) is 12.7 Å². The van der Waals surface area contributed by atoms with E-state index in [1.807, 2.05) is 26.0 Å². The van der Waals surface area contributed by atoms with Crippen LogP contribution in [-0.4, -0.2) is 31.1 Å². The van der Waals surface area contributed by atoms with Crippen molar-refractivity contribution in [2.24, 2.45) is 11.3 Å². The van der Waals surface area contributed by atoms with Gasteiger partial charge in [-0.2, -0.15) is 0 Å². The summed E-state index contributed by atoms with van der Waals surface area (Å²) >= 11 is 0. The second-order valence-corrected chi connectivity index (χ2v) is 8.86. The zero-order valence-corrected chi connectivity index (χ0v) is 17.3. The number of esters is 1. The van der Waals surface area contributed by atoms with Crippen LogP contribution < -0.4 is 0 Å². The smallest absolute Gasteiger partial charge is 0.306 e. The van der Waals surface area contributed by atoms with E-state index in [0.717, 1.165) is 19.3 Å². The Balaban J connectivity index is 1.69. The van der Waals surface area contributed by atoms with Crippen molar-refractivity contribution in [1.82, 2.24) is 0 Å². The molecule has 0 radical (unpaired) electrons. The highest BCUT2D eigenvalue weighted by Crippen LogP contribution is 2.47. The van der Waals surface area contributed by atoms with Crippen LogP contribution >= 0.6 is 0 Å². The predicted octanol–water partition coefficient (Wildman–Crippen LogP) is 4.56. The Morgan fingerprint density at radius 2 is 1.62 bits per heavy atom. The Labute approximate surface area is 173 Å². The van der Waals surface area contributed by atoms with Gasteiger partial charge in [0, 0.05) is 11.8 Å². The number of hydrogen-bond acceptors (Lipinski definition) is 4. The molecule has 4 heteroatoms. The van der Waals surface area contributed by atoms with Gasteiger partial charge in [0.2, 0.25) is 0 Å². The molecule has 3 atom stereocenters. The maximum Gasteiger partial charge on any atom is 0.306 e. The maximum absolute atomic E-state index is 12.7.